The van der Waals surface area contributed by atoms with Gasteiger partial charge in [0.1, 0.15) is 11.3 Å². The number of aromatic nitrogens is 3. The van der Waals surface area contributed by atoms with Crippen LogP contribution in [0, 0.1) is 0 Å². The number of para-hydroxylation sites is 1. The van der Waals surface area contributed by atoms with Gasteiger partial charge in [-0.25, -0.2) is 9.50 Å². The molecule has 1 aromatic carbocycles. The molecular formula is C15H11N3O2. The van der Waals surface area contributed by atoms with Crippen LogP contribution in [-0.2, 0) is 0 Å². The summed E-state index contributed by atoms with van der Waals surface area (Å²) >= 11 is 0. The van der Waals surface area contributed by atoms with Crippen molar-refractivity contribution in [2.24, 2.45) is 0 Å². The number of fused-ring (bicyclic) bond motifs is 2. The van der Waals surface area contributed by atoms with Crippen LogP contribution in [0.15, 0.2) is 53.1 Å². The number of hydrogen-bond acceptors (Lipinski definition) is 4. The van der Waals surface area contributed by atoms with Crippen LogP contribution in [0.4, 0.5) is 0 Å². The average molecular weight is 265 g/mol. The van der Waals surface area contributed by atoms with Gasteiger partial charge in [-0.1, -0.05) is 18.2 Å². The van der Waals surface area contributed by atoms with E-state index >= 15 is 0 Å². The van der Waals surface area contributed by atoms with Gasteiger partial charge in [-0.05, 0) is 18.2 Å². The lowest BCUT2D eigenvalue weighted by Crippen LogP contribution is -1.96. The Morgan fingerprint density at radius 1 is 1.15 bits per heavy atom. The Morgan fingerprint density at radius 2 is 2.05 bits per heavy atom. The van der Waals surface area contributed by atoms with Crippen LogP contribution in [0.5, 0.6) is 5.88 Å². The van der Waals surface area contributed by atoms with E-state index in [-0.39, 0.29) is 0 Å². The molecule has 0 amide bonds. The zero-order valence-electron chi connectivity index (χ0n) is 10.8. The van der Waals surface area contributed by atoms with Crippen molar-refractivity contribution in [2.45, 2.75) is 0 Å². The number of rotatable bonds is 2. The van der Waals surface area contributed by atoms with Crippen molar-refractivity contribution in [3.05, 3.63) is 48.7 Å². The summed E-state index contributed by atoms with van der Waals surface area (Å²) in [7, 11) is 1.59. The Balaban J connectivity index is 1.96. The second kappa shape index (κ2) is 4.09. The SMILES string of the molecule is COc1ccc2ncc(-c3cc4ccccc4o3)n2n1. The molecule has 0 bridgehead atoms. The van der Waals surface area contributed by atoms with Crippen LogP contribution in [0.1, 0.15) is 0 Å². The van der Waals surface area contributed by atoms with Gasteiger partial charge >= 0.3 is 0 Å². The molecule has 98 valence electrons. The van der Waals surface area contributed by atoms with Gasteiger partial charge in [0, 0.05) is 11.5 Å². The lowest BCUT2D eigenvalue weighted by atomic mass is 10.2. The molecule has 5 nitrogen and oxygen atoms in total. The summed E-state index contributed by atoms with van der Waals surface area (Å²) < 4.78 is 12.7. The molecule has 0 atom stereocenters. The second-order valence-corrected chi connectivity index (χ2v) is 4.44. The number of methoxy groups -OCH3 is 1. The smallest absolute Gasteiger partial charge is 0.231 e. The predicted octanol–water partition coefficient (Wildman–Crippen LogP) is 3.15. The molecule has 0 fully saturated rings. The van der Waals surface area contributed by atoms with Crippen molar-refractivity contribution in [3.8, 4) is 17.3 Å². The van der Waals surface area contributed by atoms with E-state index < -0.39 is 0 Å². The molecule has 20 heavy (non-hydrogen) atoms. The number of nitrogens with zero attached hydrogens (tertiary/aromatic N) is 3. The molecule has 0 saturated carbocycles. The zero-order valence-corrected chi connectivity index (χ0v) is 10.8. The predicted molar refractivity (Wildman–Crippen MR) is 74.7 cm³/mol. The maximum absolute atomic E-state index is 5.85. The first-order valence-electron chi connectivity index (χ1n) is 6.23. The standard InChI is InChI=1S/C15H11N3O2/c1-19-15-7-6-14-16-9-11(18(14)17-15)13-8-10-4-2-3-5-12(10)20-13/h2-9H,1H3. The van der Waals surface area contributed by atoms with E-state index in [2.05, 4.69) is 10.1 Å². The molecule has 0 unspecified atom stereocenters. The van der Waals surface area contributed by atoms with E-state index in [0.717, 1.165) is 28.1 Å². The van der Waals surface area contributed by atoms with Crippen LogP contribution in [0.3, 0.4) is 0 Å². The summed E-state index contributed by atoms with van der Waals surface area (Å²) in [6.45, 7) is 0. The molecule has 4 aromatic rings. The molecule has 0 N–H and O–H groups in total. The van der Waals surface area contributed by atoms with Gasteiger partial charge < -0.3 is 9.15 Å². The molecule has 0 aliphatic rings. The number of ether oxygens (including phenoxy) is 1. The minimum absolute atomic E-state index is 0.535. The Morgan fingerprint density at radius 3 is 2.90 bits per heavy atom. The first kappa shape index (κ1) is 11.0. The highest BCUT2D eigenvalue weighted by Crippen LogP contribution is 2.28. The fourth-order valence-electron chi connectivity index (χ4n) is 2.24. The van der Waals surface area contributed by atoms with Crippen LogP contribution in [0.25, 0.3) is 28.1 Å². The quantitative estimate of drug-likeness (QED) is 0.558. The monoisotopic (exact) mass is 265 g/mol. The van der Waals surface area contributed by atoms with E-state index in [1.807, 2.05) is 36.4 Å². The Labute approximate surface area is 114 Å². The number of imidazole rings is 1. The summed E-state index contributed by atoms with van der Waals surface area (Å²) in [5.74, 6) is 1.27. The summed E-state index contributed by atoms with van der Waals surface area (Å²) in [6.07, 6.45) is 1.75. The van der Waals surface area contributed by atoms with E-state index in [1.165, 1.54) is 0 Å². The van der Waals surface area contributed by atoms with Crippen molar-refractivity contribution in [1.29, 1.82) is 0 Å². The topological polar surface area (TPSA) is 52.6 Å². The molecule has 3 heterocycles. The summed E-state index contributed by atoms with van der Waals surface area (Å²) in [4.78, 5) is 4.33. The third-order valence-electron chi connectivity index (χ3n) is 3.22. The van der Waals surface area contributed by atoms with Crippen molar-refractivity contribution < 1.29 is 9.15 Å². The summed E-state index contributed by atoms with van der Waals surface area (Å²) in [6, 6.07) is 13.5. The Hall–Kier alpha value is -2.82. The number of hydrogen-bond donors (Lipinski definition) is 0. The van der Waals surface area contributed by atoms with Crippen LogP contribution in [-0.4, -0.2) is 21.7 Å². The molecule has 5 heteroatoms. The molecule has 0 spiro atoms. The van der Waals surface area contributed by atoms with Gasteiger partial charge in [0.2, 0.25) is 5.88 Å². The normalized spacial score (nSPS) is 11.2. The average Bonchev–Trinajstić information content (AvgIpc) is 3.09. The Bertz CT molecular complexity index is 875. The summed E-state index contributed by atoms with van der Waals surface area (Å²) in [5.41, 5.74) is 2.40. The highest BCUT2D eigenvalue weighted by Gasteiger charge is 2.12. The van der Waals surface area contributed by atoms with E-state index in [1.54, 1.807) is 23.9 Å². The largest absolute Gasteiger partial charge is 0.480 e. The maximum Gasteiger partial charge on any atom is 0.231 e. The molecule has 0 aliphatic carbocycles. The van der Waals surface area contributed by atoms with Gasteiger partial charge in [0.05, 0.1) is 13.3 Å². The van der Waals surface area contributed by atoms with Gasteiger partial charge in [-0.15, -0.1) is 5.10 Å². The number of furan rings is 1. The fraction of sp³-hybridized carbons (Fsp3) is 0.0667. The third-order valence-corrected chi connectivity index (χ3v) is 3.22. The van der Waals surface area contributed by atoms with Gasteiger partial charge in [0.25, 0.3) is 0 Å². The number of benzene rings is 1. The fourth-order valence-corrected chi connectivity index (χ4v) is 2.24. The maximum atomic E-state index is 5.85. The van der Waals surface area contributed by atoms with Gasteiger partial charge in [-0.3, -0.25) is 0 Å². The van der Waals surface area contributed by atoms with Crippen molar-refractivity contribution in [3.63, 3.8) is 0 Å². The van der Waals surface area contributed by atoms with Gasteiger partial charge in [0.15, 0.2) is 11.4 Å². The molecule has 0 saturated heterocycles. The zero-order chi connectivity index (χ0) is 13.5. The van der Waals surface area contributed by atoms with E-state index in [9.17, 15) is 0 Å². The minimum atomic E-state index is 0.535. The van der Waals surface area contributed by atoms with Crippen molar-refractivity contribution in [2.75, 3.05) is 7.11 Å². The highest BCUT2D eigenvalue weighted by molar-refractivity contribution is 5.82. The lowest BCUT2D eigenvalue weighted by Gasteiger charge is -2.00. The third kappa shape index (κ3) is 1.56. The van der Waals surface area contributed by atoms with Gasteiger partial charge in [-0.2, -0.15) is 0 Å². The molecule has 4 rings (SSSR count). The highest BCUT2D eigenvalue weighted by atomic mass is 16.5. The van der Waals surface area contributed by atoms with E-state index in [4.69, 9.17) is 9.15 Å². The molecule has 0 aliphatic heterocycles. The first-order chi connectivity index (χ1) is 9.85. The summed E-state index contributed by atoms with van der Waals surface area (Å²) in [5, 5.41) is 5.43. The second-order valence-electron chi connectivity index (χ2n) is 4.44. The van der Waals surface area contributed by atoms with Crippen LogP contribution >= 0.6 is 0 Å². The Kier molecular flexibility index (Phi) is 2.26. The van der Waals surface area contributed by atoms with Crippen molar-refractivity contribution >= 4 is 16.6 Å². The molecule has 0 radical (unpaired) electrons. The molecule has 3 aromatic heterocycles. The van der Waals surface area contributed by atoms with Crippen LogP contribution in [0.2, 0.25) is 0 Å². The minimum Gasteiger partial charge on any atom is -0.480 e. The lowest BCUT2D eigenvalue weighted by molar-refractivity contribution is 0.390. The van der Waals surface area contributed by atoms with Crippen molar-refractivity contribution in [1.82, 2.24) is 14.6 Å². The first-order valence-corrected chi connectivity index (χ1v) is 6.23. The molecular weight excluding hydrogens is 254 g/mol. The van der Waals surface area contributed by atoms with Crippen LogP contribution < -0.4 is 4.74 Å². The van der Waals surface area contributed by atoms with E-state index in [0.29, 0.717) is 5.88 Å².